The molecule has 45 heavy (non-hydrogen) atoms. The molecule has 1 unspecified atom stereocenters. The zero-order valence-corrected chi connectivity index (χ0v) is 24.7. The summed E-state index contributed by atoms with van der Waals surface area (Å²) < 4.78 is 34.8. The molecule has 4 aromatic carbocycles. The molecule has 1 heterocycles. The standard InChI is InChI=1S/C35H34O10/c1-41-33(38)26-7-3-22(4-8-26)24-11-15-28(16-12-24)43-19-30-31(36)32(37)35(40,21-45-30)20-44-29-17-13-25(14-18-29)23-5-9-27(10-6-23)34(39)42-2/h3-18,30-32,36-37,40H,19-21H2,1-2H3/t30-,31-,32+,35+/m1/s1/i21D/t21?,30-,31-,32+,35+. The molecule has 0 aliphatic carbocycles. The van der Waals surface area contributed by atoms with E-state index < -0.39 is 49.0 Å². The lowest BCUT2D eigenvalue weighted by atomic mass is 9.89. The molecule has 10 heteroatoms. The first-order valence-electron chi connectivity index (χ1n) is 14.7. The van der Waals surface area contributed by atoms with Crippen molar-refractivity contribution in [1.82, 2.24) is 0 Å². The van der Waals surface area contributed by atoms with Crippen molar-refractivity contribution in [2.75, 3.05) is 34.0 Å². The van der Waals surface area contributed by atoms with Crippen LogP contribution in [0.1, 0.15) is 22.1 Å². The predicted octanol–water partition coefficient (Wildman–Crippen LogP) is 3.90. The minimum atomic E-state index is -2.22. The third-order valence-corrected chi connectivity index (χ3v) is 7.54. The molecule has 1 aliphatic rings. The third-order valence-electron chi connectivity index (χ3n) is 7.54. The van der Waals surface area contributed by atoms with E-state index in [4.69, 9.17) is 25.1 Å². The van der Waals surface area contributed by atoms with Crippen LogP contribution in [0, 0.1) is 0 Å². The van der Waals surface area contributed by atoms with Crippen LogP contribution in [0.5, 0.6) is 11.5 Å². The van der Waals surface area contributed by atoms with Gasteiger partial charge in [0.2, 0.25) is 0 Å². The summed E-state index contributed by atoms with van der Waals surface area (Å²) >= 11 is 0. The highest BCUT2D eigenvalue weighted by Gasteiger charge is 2.49. The van der Waals surface area contributed by atoms with E-state index in [1.165, 1.54) is 14.2 Å². The quantitative estimate of drug-likeness (QED) is 0.225. The first-order chi connectivity index (χ1) is 22.1. The Hall–Kier alpha value is -4.74. The molecule has 0 aromatic heterocycles. The fourth-order valence-electron chi connectivity index (χ4n) is 4.81. The van der Waals surface area contributed by atoms with Crippen LogP contribution in [0.25, 0.3) is 22.3 Å². The number of ether oxygens (including phenoxy) is 5. The van der Waals surface area contributed by atoms with Crippen molar-refractivity contribution in [3.8, 4) is 33.8 Å². The van der Waals surface area contributed by atoms with Gasteiger partial charge in [-0.25, -0.2) is 9.59 Å². The Morgan fingerprint density at radius 3 is 1.56 bits per heavy atom. The summed E-state index contributed by atoms with van der Waals surface area (Å²) in [5, 5.41) is 32.7. The molecule has 0 bridgehead atoms. The van der Waals surface area contributed by atoms with Crippen molar-refractivity contribution in [2.45, 2.75) is 23.9 Å². The average molecular weight is 616 g/mol. The SMILES string of the molecule is [2H]C1O[C@H](COc2ccc(-c3ccc(C(=O)OC)cc3)cc2)[C@@H](O)[C@H](O)[C@]1(O)COc1ccc(-c2ccc(C(=O)OC)cc2)cc1. The van der Waals surface area contributed by atoms with E-state index in [0.29, 0.717) is 22.6 Å². The monoisotopic (exact) mass is 615 g/mol. The van der Waals surface area contributed by atoms with Crippen LogP contribution >= 0.6 is 0 Å². The number of methoxy groups -OCH3 is 2. The molecule has 0 radical (unpaired) electrons. The summed E-state index contributed by atoms with van der Waals surface area (Å²) in [4.78, 5) is 23.3. The van der Waals surface area contributed by atoms with Gasteiger partial charge in [-0.3, -0.25) is 0 Å². The van der Waals surface area contributed by atoms with E-state index >= 15 is 0 Å². The number of hydrogen-bond donors (Lipinski definition) is 3. The Kier molecular flexibility index (Phi) is 9.37. The van der Waals surface area contributed by atoms with Gasteiger partial charge in [-0.15, -0.1) is 0 Å². The zero-order valence-electron chi connectivity index (χ0n) is 25.7. The molecule has 3 N–H and O–H groups in total. The zero-order chi connectivity index (χ0) is 32.8. The van der Waals surface area contributed by atoms with Crippen LogP contribution in [0.2, 0.25) is 0 Å². The number of benzene rings is 4. The van der Waals surface area contributed by atoms with E-state index in [0.717, 1.165) is 22.3 Å². The minimum Gasteiger partial charge on any atom is -0.491 e. The van der Waals surface area contributed by atoms with Crippen molar-refractivity contribution >= 4 is 11.9 Å². The Labute approximate surface area is 261 Å². The van der Waals surface area contributed by atoms with Crippen molar-refractivity contribution in [3.63, 3.8) is 0 Å². The summed E-state index contributed by atoms with van der Waals surface area (Å²) in [5.41, 5.74) is 2.14. The topological polar surface area (TPSA) is 141 Å². The van der Waals surface area contributed by atoms with E-state index in [1.54, 1.807) is 84.9 Å². The molecular formula is C35H34O10. The smallest absolute Gasteiger partial charge is 0.337 e. The molecular weight excluding hydrogens is 580 g/mol. The van der Waals surface area contributed by atoms with Crippen LogP contribution in [0.15, 0.2) is 97.1 Å². The van der Waals surface area contributed by atoms with Crippen molar-refractivity contribution in [3.05, 3.63) is 108 Å². The van der Waals surface area contributed by atoms with Gasteiger partial charge in [0, 0.05) is 0 Å². The van der Waals surface area contributed by atoms with Crippen molar-refractivity contribution in [1.29, 1.82) is 0 Å². The second-order valence-electron chi connectivity index (χ2n) is 10.5. The molecule has 1 aliphatic heterocycles. The number of esters is 2. The number of carbonyl (C=O) groups excluding carboxylic acids is 2. The summed E-state index contributed by atoms with van der Waals surface area (Å²) in [6.45, 7) is -2.33. The maximum Gasteiger partial charge on any atom is 0.337 e. The second-order valence-corrected chi connectivity index (χ2v) is 10.5. The molecule has 234 valence electrons. The summed E-state index contributed by atoms with van der Waals surface area (Å²) in [6, 6.07) is 27.9. The molecule has 1 fully saturated rings. The van der Waals surface area contributed by atoms with E-state index in [-0.39, 0.29) is 6.61 Å². The van der Waals surface area contributed by atoms with Crippen LogP contribution in [0.4, 0.5) is 0 Å². The number of rotatable bonds is 10. The van der Waals surface area contributed by atoms with Crippen LogP contribution < -0.4 is 9.47 Å². The Balaban J connectivity index is 1.14. The van der Waals surface area contributed by atoms with Crippen LogP contribution in [-0.2, 0) is 14.2 Å². The average Bonchev–Trinajstić information content (AvgIpc) is 3.11. The van der Waals surface area contributed by atoms with Crippen LogP contribution in [-0.4, -0.2) is 85.2 Å². The number of aliphatic hydroxyl groups is 3. The summed E-state index contributed by atoms with van der Waals surface area (Å²) in [6.07, 6.45) is -4.40. The van der Waals surface area contributed by atoms with Gasteiger partial charge in [-0.1, -0.05) is 48.5 Å². The summed E-state index contributed by atoms with van der Waals surface area (Å²) in [7, 11) is 2.65. The number of carbonyl (C=O) groups is 2. The molecule has 10 nitrogen and oxygen atoms in total. The van der Waals surface area contributed by atoms with E-state index in [1.807, 2.05) is 12.1 Å². The Morgan fingerprint density at radius 1 is 0.733 bits per heavy atom. The third kappa shape index (κ3) is 7.33. The Bertz CT molecular complexity index is 1620. The molecule has 5 rings (SSSR count). The van der Waals surface area contributed by atoms with Gasteiger partial charge in [0.25, 0.3) is 0 Å². The number of aliphatic hydroxyl groups excluding tert-OH is 2. The lowest BCUT2D eigenvalue weighted by Gasteiger charge is -2.42. The maximum absolute atomic E-state index is 11.7. The van der Waals surface area contributed by atoms with Gasteiger partial charge in [0.05, 0.1) is 33.3 Å². The lowest BCUT2D eigenvalue weighted by Crippen LogP contribution is -2.64. The predicted molar refractivity (Wildman–Crippen MR) is 164 cm³/mol. The maximum atomic E-state index is 11.7. The summed E-state index contributed by atoms with van der Waals surface area (Å²) in [5.74, 6) is -0.00632. The molecule has 1 saturated heterocycles. The first-order valence-corrected chi connectivity index (χ1v) is 14.1. The fourth-order valence-corrected chi connectivity index (χ4v) is 4.81. The molecule has 4 aromatic rings. The number of hydrogen-bond acceptors (Lipinski definition) is 10. The highest BCUT2D eigenvalue weighted by Crippen LogP contribution is 2.29. The van der Waals surface area contributed by atoms with Gasteiger partial charge >= 0.3 is 11.9 Å². The van der Waals surface area contributed by atoms with Gasteiger partial charge < -0.3 is 39.0 Å². The lowest BCUT2D eigenvalue weighted by molar-refractivity contribution is -0.245. The molecule has 0 saturated carbocycles. The second kappa shape index (κ2) is 13.9. The van der Waals surface area contributed by atoms with Gasteiger partial charge in [0.15, 0.2) is 0 Å². The highest BCUT2D eigenvalue weighted by molar-refractivity contribution is 5.90. The van der Waals surface area contributed by atoms with Crippen molar-refractivity contribution < 1.29 is 50.0 Å². The molecule has 5 atom stereocenters. The van der Waals surface area contributed by atoms with Crippen molar-refractivity contribution in [2.24, 2.45) is 0 Å². The van der Waals surface area contributed by atoms with E-state index in [9.17, 15) is 24.9 Å². The normalized spacial score (nSPS) is 23.0. The molecule has 0 spiro atoms. The molecule has 0 amide bonds. The minimum absolute atomic E-state index is 0.181. The van der Waals surface area contributed by atoms with Gasteiger partial charge in [-0.05, 0) is 70.8 Å². The first kappa shape index (κ1) is 30.3. The largest absolute Gasteiger partial charge is 0.491 e. The Morgan fingerprint density at radius 2 is 1.13 bits per heavy atom. The fraction of sp³-hybridized carbons (Fsp3) is 0.257. The van der Waals surface area contributed by atoms with Gasteiger partial charge in [0.1, 0.15) is 48.6 Å². The highest BCUT2D eigenvalue weighted by atomic mass is 16.6. The van der Waals surface area contributed by atoms with E-state index in [2.05, 4.69) is 0 Å². The van der Waals surface area contributed by atoms with Gasteiger partial charge in [-0.2, -0.15) is 0 Å². The van der Waals surface area contributed by atoms with Crippen LogP contribution in [0.3, 0.4) is 0 Å².